The van der Waals surface area contributed by atoms with E-state index in [-0.39, 0.29) is 10.8 Å². The number of nitrogens with one attached hydrogen (secondary N) is 2. The summed E-state index contributed by atoms with van der Waals surface area (Å²) in [7, 11) is -4.11. The Morgan fingerprint density at radius 2 is 1.78 bits per heavy atom. The van der Waals surface area contributed by atoms with E-state index in [2.05, 4.69) is 14.8 Å². The van der Waals surface area contributed by atoms with Crippen LogP contribution in [0.2, 0.25) is 0 Å². The zero-order chi connectivity index (χ0) is 20.2. The number of benzene rings is 2. The summed E-state index contributed by atoms with van der Waals surface area (Å²) in [6, 6.07) is 9.94. The summed E-state index contributed by atoms with van der Waals surface area (Å²) in [5, 5.41) is 2.58. The van der Waals surface area contributed by atoms with Gasteiger partial charge in [0.05, 0.1) is 4.90 Å². The third-order valence-corrected chi connectivity index (χ3v) is 4.93. The number of amides is 1. The molecule has 0 fully saturated rings. The zero-order valence-corrected chi connectivity index (χ0v) is 15.2. The Kier molecular flexibility index (Phi) is 6.11. The van der Waals surface area contributed by atoms with Gasteiger partial charge in [-0.2, -0.15) is 0 Å². The van der Waals surface area contributed by atoms with Crippen LogP contribution in [0.25, 0.3) is 0 Å². The Morgan fingerprint density at radius 3 is 2.41 bits per heavy atom. The molecule has 27 heavy (non-hydrogen) atoms. The number of sulfonamides is 1. The van der Waals surface area contributed by atoms with Gasteiger partial charge in [-0.25, -0.2) is 13.1 Å². The van der Waals surface area contributed by atoms with Gasteiger partial charge in [-0.15, -0.1) is 13.2 Å². The van der Waals surface area contributed by atoms with E-state index in [4.69, 9.17) is 0 Å². The Labute approximate surface area is 154 Å². The molecule has 0 aliphatic heterocycles. The van der Waals surface area contributed by atoms with Gasteiger partial charge in [0, 0.05) is 24.7 Å². The molecule has 2 rings (SSSR count). The number of halogens is 3. The van der Waals surface area contributed by atoms with Gasteiger partial charge in [0.25, 0.3) is 0 Å². The van der Waals surface area contributed by atoms with Gasteiger partial charge in [-0.3, -0.25) is 4.79 Å². The SMILES string of the molecule is CC(=O)Nc1cccc(C(C)NS(=O)(=O)c2cccc(OC(F)(F)F)c2)c1. The number of hydrogen-bond acceptors (Lipinski definition) is 4. The molecule has 2 aromatic rings. The molecule has 0 aromatic heterocycles. The number of anilines is 1. The average molecular weight is 402 g/mol. The predicted octanol–water partition coefficient (Wildman–Crippen LogP) is 3.58. The maximum Gasteiger partial charge on any atom is 0.573 e. The van der Waals surface area contributed by atoms with Crippen LogP contribution in [0.3, 0.4) is 0 Å². The standard InChI is InChI=1S/C17H17F3N2O4S/c1-11(13-5-3-6-14(9-13)21-12(2)23)22-27(24,25)16-8-4-7-15(10-16)26-17(18,19)20/h3-11,22H,1-2H3,(H,21,23). The van der Waals surface area contributed by atoms with Crippen molar-refractivity contribution >= 4 is 21.6 Å². The molecule has 0 saturated carbocycles. The average Bonchev–Trinajstić information content (AvgIpc) is 2.52. The first-order chi connectivity index (χ1) is 12.5. The molecule has 0 radical (unpaired) electrons. The Morgan fingerprint density at radius 1 is 1.11 bits per heavy atom. The van der Waals surface area contributed by atoms with Gasteiger partial charge in [-0.1, -0.05) is 18.2 Å². The van der Waals surface area contributed by atoms with E-state index in [1.807, 2.05) is 0 Å². The number of ether oxygens (including phenoxy) is 1. The molecule has 0 bridgehead atoms. The molecule has 1 atom stereocenters. The molecule has 2 N–H and O–H groups in total. The first-order valence-electron chi connectivity index (χ1n) is 7.72. The van der Waals surface area contributed by atoms with Crippen molar-refractivity contribution in [1.82, 2.24) is 4.72 Å². The first kappa shape index (κ1) is 20.7. The summed E-state index contributed by atoms with van der Waals surface area (Å²) < 4.78 is 68.0. The number of carbonyl (C=O) groups is 1. The van der Waals surface area contributed by atoms with Gasteiger partial charge in [0.2, 0.25) is 15.9 Å². The lowest BCUT2D eigenvalue weighted by molar-refractivity contribution is -0.274. The molecule has 0 saturated heterocycles. The van der Waals surface area contributed by atoms with E-state index in [1.165, 1.54) is 6.92 Å². The normalized spacial score (nSPS) is 13.1. The van der Waals surface area contributed by atoms with Crippen LogP contribution in [0, 0.1) is 0 Å². The molecule has 0 aliphatic carbocycles. The second-order valence-corrected chi connectivity index (χ2v) is 7.39. The third-order valence-electron chi connectivity index (χ3n) is 3.39. The van der Waals surface area contributed by atoms with Crippen LogP contribution in [0.15, 0.2) is 53.4 Å². The van der Waals surface area contributed by atoms with Gasteiger partial charge in [-0.05, 0) is 36.8 Å². The van der Waals surface area contributed by atoms with Crippen molar-refractivity contribution in [2.75, 3.05) is 5.32 Å². The van der Waals surface area contributed by atoms with Gasteiger partial charge in [0.15, 0.2) is 0 Å². The summed E-state index contributed by atoms with van der Waals surface area (Å²) in [5.41, 5.74) is 1.05. The first-order valence-corrected chi connectivity index (χ1v) is 9.20. The molecule has 0 aliphatic rings. The van der Waals surface area contributed by atoms with E-state index < -0.39 is 28.2 Å². The molecular weight excluding hydrogens is 385 g/mol. The van der Waals surface area contributed by atoms with Crippen LogP contribution in [0.4, 0.5) is 18.9 Å². The highest BCUT2D eigenvalue weighted by Crippen LogP contribution is 2.26. The van der Waals surface area contributed by atoms with E-state index >= 15 is 0 Å². The zero-order valence-electron chi connectivity index (χ0n) is 14.4. The van der Waals surface area contributed by atoms with E-state index in [1.54, 1.807) is 31.2 Å². The molecule has 6 nitrogen and oxygen atoms in total. The number of carbonyl (C=O) groups excluding carboxylic acids is 1. The highest BCUT2D eigenvalue weighted by Gasteiger charge is 2.31. The summed E-state index contributed by atoms with van der Waals surface area (Å²) in [5.74, 6) is -0.910. The minimum atomic E-state index is -4.92. The molecule has 1 unspecified atom stereocenters. The Balaban J connectivity index is 2.21. The van der Waals surface area contributed by atoms with Gasteiger partial charge in [0.1, 0.15) is 5.75 Å². The molecule has 0 heterocycles. The van der Waals surface area contributed by atoms with E-state index in [9.17, 15) is 26.4 Å². The van der Waals surface area contributed by atoms with Crippen molar-refractivity contribution < 1.29 is 31.1 Å². The molecule has 146 valence electrons. The second-order valence-electron chi connectivity index (χ2n) is 5.67. The van der Waals surface area contributed by atoms with Crippen molar-refractivity contribution in [2.45, 2.75) is 31.1 Å². The topological polar surface area (TPSA) is 84.5 Å². The number of alkyl halides is 3. The fraction of sp³-hybridized carbons (Fsp3) is 0.235. The lowest BCUT2D eigenvalue weighted by Gasteiger charge is -2.16. The largest absolute Gasteiger partial charge is 0.573 e. The summed E-state index contributed by atoms with van der Waals surface area (Å²) in [6.07, 6.45) is -4.92. The highest BCUT2D eigenvalue weighted by molar-refractivity contribution is 7.89. The molecule has 0 spiro atoms. The second kappa shape index (κ2) is 7.97. The molecular formula is C17H17F3N2O4S. The predicted molar refractivity (Wildman–Crippen MR) is 92.6 cm³/mol. The van der Waals surface area contributed by atoms with Crippen LogP contribution in [-0.2, 0) is 14.8 Å². The van der Waals surface area contributed by atoms with Crippen molar-refractivity contribution in [1.29, 1.82) is 0 Å². The summed E-state index contributed by atoms with van der Waals surface area (Å²) in [4.78, 5) is 10.8. The lowest BCUT2D eigenvalue weighted by atomic mass is 10.1. The lowest BCUT2D eigenvalue weighted by Crippen LogP contribution is -2.27. The maximum atomic E-state index is 12.5. The van der Waals surface area contributed by atoms with Crippen LogP contribution < -0.4 is 14.8 Å². The van der Waals surface area contributed by atoms with Gasteiger partial charge >= 0.3 is 6.36 Å². The highest BCUT2D eigenvalue weighted by atomic mass is 32.2. The fourth-order valence-electron chi connectivity index (χ4n) is 2.30. The summed E-state index contributed by atoms with van der Waals surface area (Å²) >= 11 is 0. The Hall–Kier alpha value is -2.59. The van der Waals surface area contributed by atoms with Crippen LogP contribution in [0.1, 0.15) is 25.5 Å². The van der Waals surface area contributed by atoms with Gasteiger partial charge < -0.3 is 10.1 Å². The van der Waals surface area contributed by atoms with Crippen molar-refractivity contribution in [3.63, 3.8) is 0 Å². The van der Waals surface area contributed by atoms with Crippen molar-refractivity contribution in [3.8, 4) is 5.75 Å². The fourth-order valence-corrected chi connectivity index (χ4v) is 3.56. The molecule has 10 heteroatoms. The molecule has 2 aromatic carbocycles. The smallest absolute Gasteiger partial charge is 0.406 e. The minimum Gasteiger partial charge on any atom is -0.406 e. The quantitative estimate of drug-likeness (QED) is 0.774. The monoisotopic (exact) mass is 402 g/mol. The number of rotatable bonds is 6. The van der Waals surface area contributed by atoms with E-state index in [0.29, 0.717) is 11.3 Å². The van der Waals surface area contributed by atoms with Crippen molar-refractivity contribution in [2.24, 2.45) is 0 Å². The summed E-state index contributed by atoms with van der Waals surface area (Å²) in [6.45, 7) is 2.91. The van der Waals surface area contributed by atoms with Crippen molar-refractivity contribution in [3.05, 3.63) is 54.1 Å². The minimum absolute atomic E-state index is 0.276. The number of hydrogen-bond donors (Lipinski definition) is 2. The molecule has 1 amide bonds. The van der Waals surface area contributed by atoms with Crippen LogP contribution >= 0.6 is 0 Å². The third kappa shape index (κ3) is 6.26. The maximum absolute atomic E-state index is 12.5. The van der Waals surface area contributed by atoms with Crippen LogP contribution in [0.5, 0.6) is 5.75 Å². The van der Waals surface area contributed by atoms with E-state index in [0.717, 1.165) is 24.3 Å². The van der Waals surface area contributed by atoms with Crippen LogP contribution in [-0.4, -0.2) is 20.7 Å². The Bertz CT molecular complexity index is 930.